The van der Waals surface area contributed by atoms with Crippen molar-refractivity contribution in [1.29, 1.82) is 0 Å². The van der Waals surface area contributed by atoms with Gasteiger partial charge >= 0.3 is 25.7 Å². The molecule has 0 bridgehead atoms. The third-order valence-corrected chi connectivity index (χ3v) is 10.5. The lowest BCUT2D eigenvalue weighted by Gasteiger charge is -2.20. The molecule has 4 N–H and O–H groups in total. The minimum atomic E-state index is -4.71. The molecule has 0 radical (unpaired) electrons. The van der Waals surface area contributed by atoms with Gasteiger partial charge in [0.05, 0.1) is 13.2 Å². The quantitative estimate of drug-likeness (QED) is 0.0233. The highest BCUT2D eigenvalue weighted by atomic mass is 31.2. The largest absolute Gasteiger partial charge is 0.480 e. The van der Waals surface area contributed by atoms with Crippen molar-refractivity contribution in [3.8, 4) is 0 Å². The molecule has 0 saturated carbocycles. The van der Waals surface area contributed by atoms with Gasteiger partial charge in [0, 0.05) is 12.8 Å². The summed E-state index contributed by atoms with van der Waals surface area (Å²) >= 11 is 0. The smallest absolute Gasteiger partial charge is 0.472 e. The monoisotopic (exact) mass is 790 g/mol. The van der Waals surface area contributed by atoms with E-state index < -0.39 is 51.1 Å². The van der Waals surface area contributed by atoms with Crippen molar-refractivity contribution < 1.29 is 47.5 Å². The summed E-state index contributed by atoms with van der Waals surface area (Å²) in [6, 6.07) is -1.52. The molecule has 0 saturated heterocycles. The van der Waals surface area contributed by atoms with Gasteiger partial charge in [-0.05, 0) is 32.1 Å². The summed E-state index contributed by atoms with van der Waals surface area (Å²) in [4.78, 5) is 45.8. The van der Waals surface area contributed by atoms with Crippen LogP contribution in [-0.4, -0.2) is 59.9 Å². The van der Waals surface area contributed by atoms with E-state index in [2.05, 4.69) is 30.5 Å². The number of carboxylic acid groups (broad SMARTS) is 1. The average molecular weight is 790 g/mol. The minimum absolute atomic E-state index is 0.154. The highest BCUT2D eigenvalue weighted by Crippen LogP contribution is 2.43. The number of aliphatic carboxylic acids is 1. The molecule has 0 fully saturated rings. The number of phosphoric ester groups is 1. The molecule has 0 aromatic carbocycles. The third-order valence-electron chi connectivity index (χ3n) is 9.51. The van der Waals surface area contributed by atoms with Gasteiger partial charge in [0.15, 0.2) is 6.10 Å². The van der Waals surface area contributed by atoms with Crippen LogP contribution < -0.4 is 5.73 Å². The van der Waals surface area contributed by atoms with Gasteiger partial charge in [-0.15, -0.1) is 0 Å². The lowest BCUT2D eigenvalue weighted by atomic mass is 10.0. The van der Waals surface area contributed by atoms with Crippen LogP contribution in [0.4, 0.5) is 0 Å². The molecular formula is C42H80NO10P. The second-order valence-corrected chi connectivity index (χ2v) is 16.3. The first-order valence-corrected chi connectivity index (χ1v) is 23.2. The number of rotatable bonds is 41. The number of nitrogens with two attached hydrogens (primary N) is 1. The van der Waals surface area contributed by atoms with E-state index in [0.29, 0.717) is 12.8 Å². The molecule has 0 aliphatic heterocycles. The molecule has 0 aromatic heterocycles. The lowest BCUT2D eigenvalue weighted by molar-refractivity contribution is -0.161. The topological polar surface area (TPSA) is 172 Å². The van der Waals surface area contributed by atoms with E-state index in [-0.39, 0.29) is 19.4 Å². The first-order valence-electron chi connectivity index (χ1n) is 21.7. The molecule has 0 spiro atoms. The molecule has 12 heteroatoms. The number of allylic oxidation sites excluding steroid dienone is 2. The predicted molar refractivity (Wildman–Crippen MR) is 217 cm³/mol. The molecule has 0 aliphatic carbocycles. The van der Waals surface area contributed by atoms with Crippen LogP contribution in [0.2, 0.25) is 0 Å². The Bertz CT molecular complexity index is 979. The van der Waals surface area contributed by atoms with E-state index >= 15 is 0 Å². The SMILES string of the molecule is CCCC/C=C\CCCCCCCC(=O)O[C@H](COC(=O)CCCCCCCCCCCCCCCCCCCCC)COP(=O)(O)OC[C@H](N)C(=O)O. The van der Waals surface area contributed by atoms with Crippen LogP contribution in [0.15, 0.2) is 12.2 Å². The van der Waals surface area contributed by atoms with Gasteiger partial charge in [-0.3, -0.25) is 23.4 Å². The molecule has 3 atom stereocenters. The Morgan fingerprint density at radius 3 is 1.41 bits per heavy atom. The average Bonchev–Trinajstić information content (AvgIpc) is 3.14. The van der Waals surface area contributed by atoms with Crippen LogP contribution in [0.5, 0.6) is 0 Å². The van der Waals surface area contributed by atoms with E-state index in [9.17, 15) is 23.8 Å². The van der Waals surface area contributed by atoms with Crippen LogP contribution in [-0.2, 0) is 37.5 Å². The fourth-order valence-electron chi connectivity index (χ4n) is 6.05. The molecule has 11 nitrogen and oxygen atoms in total. The molecule has 0 amide bonds. The predicted octanol–water partition coefficient (Wildman–Crippen LogP) is 11.3. The van der Waals surface area contributed by atoms with E-state index in [1.165, 1.54) is 109 Å². The van der Waals surface area contributed by atoms with Gasteiger partial charge in [0.25, 0.3) is 0 Å². The number of hydrogen-bond acceptors (Lipinski definition) is 9. The summed E-state index contributed by atoms with van der Waals surface area (Å²) in [5, 5.41) is 8.87. The molecule has 0 aliphatic rings. The highest BCUT2D eigenvalue weighted by Gasteiger charge is 2.28. The van der Waals surface area contributed by atoms with Crippen LogP contribution in [0.1, 0.15) is 206 Å². The summed E-state index contributed by atoms with van der Waals surface area (Å²) < 4.78 is 32.6. The normalized spacial score (nSPS) is 13.9. The van der Waals surface area contributed by atoms with E-state index in [1.54, 1.807) is 0 Å². The number of hydrogen-bond donors (Lipinski definition) is 3. The Morgan fingerprint density at radius 1 is 0.556 bits per heavy atom. The highest BCUT2D eigenvalue weighted by molar-refractivity contribution is 7.47. The second-order valence-electron chi connectivity index (χ2n) is 14.8. The van der Waals surface area contributed by atoms with Crippen molar-refractivity contribution in [1.82, 2.24) is 0 Å². The maximum Gasteiger partial charge on any atom is 0.472 e. The number of carbonyl (C=O) groups is 3. The number of phosphoric acid groups is 1. The maximum absolute atomic E-state index is 12.6. The molecule has 0 rings (SSSR count). The summed E-state index contributed by atoms with van der Waals surface area (Å²) in [6.07, 6.45) is 37.1. The molecule has 318 valence electrons. The van der Waals surface area contributed by atoms with Crippen molar-refractivity contribution in [2.75, 3.05) is 19.8 Å². The Hall–Kier alpha value is -1.78. The van der Waals surface area contributed by atoms with Gasteiger partial charge in [-0.1, -0.05) is 174 Å². The van der Waals surface area contributed by atoms with E-state index in [4.69, 9.17) is 24.8 Å². The zero-order valence-electron chi connectivity index (χ0n) is 34.3. The van der Waals surface area contributed by atoms with Crippen LogP contribution >= 0.6 is 7.82 Å². The third kappa shape index (κ3) is 37.2. The number of ether oxygens (including phenoxy) is 2. The maximum atomic E-state index is 12.6. The van der Waals surface area contributed by atoms with Crippen LogP contribution in [0.25, 0.3) is 0 Å². The summed E-state index contributed by atoms with van der Waals surface area (Å²) in [5.41, 5.74) is 5.32. The number of unbranched alkanes of at least 4 members (excludes halogenated alkanes) is 25. The summed E-state index contributed by atoms with van der Waals surface area (Å²) in [6.45, 7) is 2.77. The van der Waals surface area contributed by atoms with Crippen molar-refractivity contribution in [3.05, 3.63) is 12.2 Å². The molecular weight excluding hydrogens is 709 g/mol. The van der Waals surface area contributed by atoms with Crippen molar-refractivity contribution in [2.45, 2.75) is 219 Å². The van der Waals surface area contributed by atoms with Gasteiger partial charge in [-0.2, -0.15) is 0 Å². The standard InChI is InChI=1S/C42H80NO10P/c1-3-5-7-9-11-13-15-16-17-18-19-20-21-22-24-25-27-29-31-33-40(44)50-35-38(36-51-54(48,49)52-37-39(43)42(46)47)53-41(45)34-32-30-28-26-23-14-12-10-8-6-4-2/h10,12,38-39H,3-9,11,13-37,43H2,1-2H3,(H,46,47)(H,48,49)/b12-10-/t38-,39+/m1/s1. The zero-order valence-corrected chi connectivity index (χ0v) is 35.2. The fourth-order valence-corrected chi connectivity index (χ4v) is 6.82. The van der Waals surface area contributed by atoms with Crippen molar-refractivity contribution >= 4 is 25.7 Å². The van der Waals surface area contributed by atoms with E-state index in [0.717, 1.165) is 57.8 Å². The lowest BCUT2D eigenvalue weighted by Crippen LogP contribution is -2.34. The van der Waals surface area contributed by atoms with E-state index in [1.807, 2.05) is 0 Å². The Balaban J connectivity index is 4.26. The Labute approximate surface area is 328 Å². The molecule has 0 heterocycles. The second kappa shape index (κ2) is 38.1. The first-order chi connectivity index (χ1) is 26.1. The van der Waals surface area contributed by atoms with Gasteiger partial charge < -0.3 is 25.2 Å². The Kier molecular flexibility index (Phi) is 36.9. The van der Waals surface area contributed by atoms with Crippen molar-refractivity contribution in [2.24, 2.45) is 5.73 Å². The number of esters is 2. The molecule has 1 unspecified atom stereocenters. The Morgan fingerprint density at radius 2 is 0.944 bits per heavy atom. The number of carboxylic acids is 1. The number of carbonyl (C=O) groups excluding carboxylic acids is 2. The van der Waals surface area contributed by atoms with Gasteiger partial charge in [0.2, 0.25) is 0 Å². The van der Waals surface area contributed by atoms with Crippen LogP contribution in [0, 0.1) is 0 Å². The first kappa shape index (κ1) is 52.2. The minimum Gasteiger partial charge on any atom is -0.480 e. The van der Waals surface area contributed by atoms with Crippen LogP contribution in [0.3, 0.4) is 0 Å². The van der Waals surface area contributed by atoms with Gasteiger partial charge in [0.1, 0.15) is 12.6 Å². The summed E-state index contributed by atoms with van der Waals surface area (Å²) in [7, 11) is -4.71. The summed E-state index contributed by atoms with van der Waals surface area (Å²) in [5.74, 6) is -2.38. The molecule has 0 aromatic rings. The van der Waals surface area contributed by atoms with Gasteiger partial charge in [-0.25, -0.2) is 4.57 Å². The zero-order chi connectivity index (χ0) is 40.0. The fraction of sp³-hybridized carbons (Fsp3) is 0.881. The van der Waals surface area contributed by atoms with Crippen molar-refractivity contribution in [3.63, 3.8) is 0 Å². The molecule has 54 heavy (non-hydrogen) atoms.